The highest BCUT2D eigenvalue weighted by atomic mass is 35.5. The van der Waals surface area contributed by atoms with E-state index in [-0.39, 0.29) is 5.91 Å². The van der Waals surface area contributed by atoms with Gasteiger partial charge in [-0.05, 0) is 12.1 Å². The van der Waals surface area contributed by atoms with Crippen LogP contribution in [-0.2, 0) is 16.0 Å². The van der Waals surface area contributed by atoms with Crippen LogP contribution in [0.15, 0.2) is 35.8 Å². The fraction of sp³-hybridized carbons (Fsp3) is 0.368. The van der Waals surface area contributed by atoms with Gasteiger partial charge in [-0.2, -0.15) is 0 Å². The van der Waals surface area contributed by atoms with E-state index in [9.17, 15) is 4.79 Å². The molecule has 0 spiro atoms. The molecule has 0 aliphatic carbocycles. The van der Waals surface area contributed by atoms with E-state index in [2.05, 4.69) is 15.2 Å². The molecule has 4 rings (SSSR count). The maximum atomic E-state index is 12.3. The Kier molecular flexibility index (Phi) is 5.73. The predicted octanol–water partition coefficient (Wildman–Crippen LogP) is 2.71. The fourth-order valence-electron chi connectivity index (χ4n) is 3.12. The summed E-state index contributed by atoms with van der Waals surface area (Å²) >= 11 is 7.50. The maximum absolute atomic E-state index is 12.3. The van der Waals surface area contributed by atoms with E-state index in [1.807, 2.05) is 40.2 Å². The summed E-state index contributed by atoms with van der Waals surface area (Å²) in [5.41, 5.74) is 2.84. The second-order valence-corrected chi connectivity index (χ2v) is 7.77. The van der Waals surface area contributed by atoms with Crippen LogP contribution in [0.5, 0.6) is 0 Å². The van der Waals surface area contributed by atoms with Gasteiger partial charge in [0.1, 0.15) is 0 Å². The van der Waals surface area contributed by atoms with E-state index in [0.717, 1.165) is 54.8 Å². The number of ether oxygens (including phenoxy) is 1. The molecule has 3 heterocycles. The molecule has 142 valence electrons. The van der Waals surface area contributed by atoms with E-state index >= 15 is 0 Å². The lowest BCUT2D eigenvalue weighted by molar-refractivity contribution is -0.120. The molecule has 0 saturated carbocycles. The molecule has 0 radical (unpaired) electrons. The predicted molar refractivity (Wildman–Crippen MR) is 107 cm³/mol. The molecule has 6 nitrogen and oxygen atoms in total. The number of thiazole rings is 1. The third kappa shape index (κ3) is 4.50. The van der Waals surface area contributed by atoms with Crippen molar-refractivity contribution >= 4 is 33.8 Å². The lowest BCUT2D eigenvalue weighted by Gasteiger charge is -2.26. The van der Waals surface area contributed by atoms with Crippen molar-refractivity contribution in [3.05, 3.63) is 46.6 Å². The van der Waals surface area contributed by atoms with Crippen LogP contribution in [0.25, 0.3) is 16.2 Å². The second-order valence-electron chi connectivity index (χ2n) is 6.49. The van der Waals surface area contributed by atoms with Crippen LogP contribution in [-0.4, -0.2) is 59.6 Å². The largest absolute Gasteiger partial charge is 0.379 e. The molecular formula is C19H21ClN4O2S. The van der Waals surface area contributed by atoms with Crippen LogP contribution >= 0.6 is 22.9 Å². The molecule has 1 saturated heterocycles. The van der Waals surface area contributed by atoms with Crippen LogP contribution in [0.2, 0.25) is 5.02 Å². The van der Waals surface area contributed by atoms with Crippen molar-refractivity contribution in [2.75, 3.05) is 39.4 Å². The van der Waals surface area contributed by atoms with Gasteiger partial charge < -0.3 is 10.1 Å². The lowest BCUT2D eigenvalue weighted by atomic mass is 10.2. The number of morpholine rings is 1. The third-order valence-electron chi connectivity index (χ3n) is 4.62. The number of halogens is 1. The fourth-order valence-corrected chi connectivity index (χ4v) is 4.12. The van der Waals surface area contributed by atoms with Gasteiger partial charge in [0, 0.05) is 54.0 Å². The first-order valence-electron chi connectivity index (χ1n) is 8.97. The first kappa shape index (κ1) is 18.4. The summed E-state index contributed by atoms with van der Waals surface area (Å²) in [4.78, 5) is 20.2. The Morgan fingerprint density at radius 3 is 2.81 bits per heavy atom. The van der Waals surface area contributed by atoms with Crippen molar-refractivity contribution in [3.8, 4) is 11.3 Å². The molecule has 8 heteroatoms. The Hall–Kier alpha value is -1.93. The summed E-state index contributed by atoms with van der Waals surface area (Å²) in [6.45, 7) is 4.94. The van der Waals surface area contributed by atoms with Gasteiger partial charge >= 0.3 is 0 Å². The van der Waals surface area contributed by atoms with Crippen LogP contribution in [0.4, 0.5) is 0 Å². The zero-order valence-corrected chi connectivity index (χ0v) is 16.4. The number of aromatic nitrogens is 2. The number of nitrogens with one attached hydrogen (secondary N) is 1. The van der Waals surface area contributed by atoms with E-state index < -0.39 is 0 Å². The van der Waals surface area contributed by atoms with E-state index in [4.69, 9.17) is 16.3 Å². The topological polar surface area (TPSA) is 58.9 Å². The SMILES string of the molecule is O=C(Cc1csc2nc(-c3ccc(Cl)cc3)cn12)NCCN1CCOCC1. The van der Waals surface area contributed by atoms with Crippen LogP contribution in [0.1, 0.15) is 5.69 Å². The number of hydrogen-bond acceptors (Lipinski definition) is 5. The van der Waals surface area contributed by atoms with Gasteiger partial charge in [0.05, 0.1) is 25.3 Å². The van der Waals surface area contributed by atoms with Crippen molar-refractivity contribution in [3.63, 3.8) is 0 Å². The molecule has 2 aromatic heterocycles. The van der Waals surface area contributed by atoms with Crippen LogP contribution in [0, 0.1) is 0 Å². The first-order valence-corrected chi connectivity index (χ1v) is 10.2. The van der Waals surface area contributed by atoms with Crippen LogP contribution in [0.3, 0.4) is 0 Å². The standard InChI is InChI=1S/C19H21ClN4O2S/c20-15-3-1-14(2-4-15)17-12-24-16(13-27-19(24)22-17)11-18(25)21-5-6-23-7-9-26-10-8-23/h1-4,12-13H,5-11H2,(H,21,25). The number of carbonyl (C=O) groups excluding carboxylic acids is 1. The molecular weight excluding hydrogens is 384 g/mol. The molecule has 1 fully saturated rings. The van der Waals surface area contributed by atoms with Crippen molar-refractivity contribution < 1.29 is 9.53 Å². The molecule has 1 amide bonds. The zero-order valence-electron chi connectivity index (χ0n) is 14.9. The Balaban J connectivity index is 1.37. The molecule has 1 aromatic carbocycles. The van der Waals surface area contributed by atoms with Crippen molar-refractivity contribution in [1.82, 2.24) is 19.6 Å². The number of fused-ring (bicyclic) bond motifs is 1. The van der Waals surface area contributed by atoms with E-state index in [1.54, 1.807) is 11.3 Å². The first-order chi connectivity index (χ1) is 13.2. The van der Waals surface area contributed by atoms with E-state index in [1.165, 1.54) is 0 Å². The maximum Gasteiger partial charge on any atom is 0.226 e. The highest BCUT2D eigenvalue weighted by molar-refractivity contribution is 7.15. The monoisotopic (exact) mass is 404 g/mol. The number of imidazole rings is 1. The molecule has 27 heavy (non-hydrogen) atoms. The van der Waals surface area contributed by atoms with E-state index in [0.29, 0.717) is 18.0 Å². The zero-order chi connectivity index (χ0) is 18.6. The Bertz CT molecular complexity index is 916. The quantitative estimate of drug-likeness (QED) is 0.686. The number of rotatable bonds is 6. The molecule has 1 N–H and O–H groups in total. The Morgan fingerprint density at radius 2 is 2.04 bits per heavy atom. The van der Waals surface area contributed by atoms with Gasteiger partial charge in [-0.1, -0.05) is 23.7 Å². The number of carbonyl (C=O) groups is 1. The smallest absolute Gasteiger partial charge is 0.226 e. The van der Waals surface area contributed by atoms with Gasteiger partial charge in [-0.15, -0.1) is 11.3 Å². The van der Waals surface area contributed by atoms with Crippen LogP contribution < -0.4 is 5.32 Å². The molecule has 1 aliphatic heterocycles. The molecule has 0 unspecified atom stereocenters. The summed E-state index contributed by atoms with van der Waals surface area (Å²) in [6, 6.07) is 7.61. The molecule has 3 aromatic rings. The summed E-state index contributed by atoms with van der Waals surface area (Å²) in [6.07, 6.45) is 2.32. The van der Waals surface area contributed by atoms with Gasteiger partial charge in [0.15, 0.2) is 4.96 Å². The van der Waals surface area contributed by atoms with Gasteiger partial charge in [0.2, 0.25) is 5.91 Å². The van der Waals surface area contributed by atoms with Crippen molar-refractivity contribution in [1.29, 1.82) is 0 Å². The van der Waals surface area contributed by atoms with Crippen molar-refractivity contribution in [2.45, 2.75) is 6.42 Å². The molecule has 0 bridgehead atoms. The van der Waals surface area contributed by atoms with Gasteiger partial charge in [-0.25, -0.2) is 4.98 Å². The highest BCUT2D eigenvalue weighted by Gasteiger charge is 2.14. The third-order valence-corrected chi connectivity index (χ3v) is 5.76. The summed E-state index contributed by atoms with van der Waals surface area (Å²) < 4.78 is 7.33. The minimum Gasteiger partial charge on any atom is -0.379 e. The van der Waals surface area contributed by atoms with Crippen molar-refractivity contribution in [2.24, 2.45) is 0 Å². The average Bonchev–Trinajstić information content (AvgIpc) is 3.25. The Morgan fingerprint density at radius 1 is 1.26 bits per heavy atom. The minimum atomic E-state index is 0.0321. The molecule has 0 atom stereocenters. The average molecular weight is 405 g/mol. The summed E-state index contributed by atoms with van der Waals surface area (Å²) in [5, 5.41) is 5.71. The normalized spacial score (nSPS) is 15.3. The number of benzene rings is 1. The number of nitrogens with zero attached hydrogens (tertiary/aromatic N) is 3. The van der Waals surface area contributed by atoms with Gasteiger partial charge in [-0.3, -0.25) is 14.1 Å². The number of hydrogen-bond donors (Lipinski definition) is 1. The Labute approximate surface area is 166 Å². The molecule has 1 aliphatic rings. The summed E-state index contributed by atoms with van der Waals surface area (Å²) in [5.74, 6) is 0.0321. The summed E-state index contributed by atoms with van der Waals surface area (Å²) in [7, 11) is 0. The minimum absolute atomic E-state index is 0.0321. The van der Waals surface area contributed by atoms with Gasteiger partial charge in [0.25, 0.3) is 0 Å². The second kappa shape index (κ2) is 8.39. The number of amides is 1. The highest BCUT2D eigenvalue weighted by Crippen LogP contribution is 2.25. The lowest BCUT2D eigenvalue weighted by Crippen LogP contribution is -2.41.